The van der Waals surface area contributed by atoms with Gasteiger partial charge in [-0.1, -0.05) is 6.07 Å². The smallest absolute Gasteiger partial charge is 0.322 e. The van der Waals surface area contributed by atoms with Gasteiger partial charge in [0.05, 0.1) is 11.6 Å². The number of likely N-dealkylation sites (tertiary alicyclic amines) is 2. The van der Waals surface area contributed by atoms with Crippen LogP contribution >= 0.6 is 0 Å². The quantitative estimate of drug-likeness (QED) is 0.706. The molecule has 2 amide bonds. The predicted octanol–water partition coefficient (Wildman–Crippen LogP) is 2.62. The highest BCUT2D eigenvalue weighted by atomic mass is 19.4. The molecule has 4 rings (SSSR count). The third-order valence-corrected chi connectivity index (χ3v) is 5.85. The first-order valence-corrected chi connectivity index (χ1v) is 9.66. The summed E-state index contributed by atoms with van der Waals surface area (Å²) in [7, 11) is 1.78. The van der Waals surface area contributed by atoms with E-state index in [-0.39, 0.29) is 30.2 Å². The van der Waals surface area contributed by atoms with Crippen LogP contribution in [0.25, 0.3) is 0 Å². The topological polar surface area (TPSA) is 57.5 Å². The summed E-state index contributed by atoms with van der Waals surface area (Å²) in [6, 6.07) is 2.77. The fourth-order valence-electron chi connectivity index (χ4n) is 3.90. The van der Waals surface area contributed by atoms with Crippen molar-refractivity contribution in [3.05, 3.63) is 47.8 Å². The summed E-state index contributed by atoms with van der Waals surface area (Å²) in [6.07, 6.45) is -0.432. The molecule has 0 bridgehead atoms. The molecule has 1 aromatic heterocycles. The molecule has 0 radical (unpaired) electrons. The van der Waals surface area contributed by atoms with E-state index in [0.29, 0.717) is 32.2 Å². The molecule has 2 aromatic rings. The van der Waals surface area contributed by atoms with Gasteiger partial charge in [0.2, 0.25) is 0 Å². The number of amides is 2. The van der Waals surface area contributed by atoms with Crippen molar-refractivity contribution in [1.82, 2.24) is 29.5 Å². The lowest BCUT2D eigenvalue weighted by atomic mass is 10.1. The molecule has 7 nitrogen and oxygen atoms in total. The Hall–Kier alpha value is -2.69. The molecule has 30 heavy (non-hydrogen) atoms. The van der Waals surface area contributed by atoms with Crippen molar-refractivity contribution in [2.75, 3.05) is 33.2 Å². The summed E-state index contributed by atoms with van der Waals surface area (Å²) in [6.45, 7) is 2.45. The van der Waals surface area contributed by atoms with E-state index in [1.54, 1.807) is 29.5 Å². The minimum Gasteiger partial charge on any atom is -0.322 e. The summed E-state index contributed by atoms with van der Waals surface area (Å²) >= 11 is 0. The zero-order chi connectivity index (χ0) is 21.5. The molecule has 0 aliphatic carbocycles. The molecule has 1 atom stereocenters. The van der Waals surface area contributed by atoms with Crippen molar-refractivity contribution in [2.45, 2.75) is 31.2 Å². The van der Waals surface area contributed by atoms with E-state index in [1.165, 1.54) is 6.07 Å². The Morgan fingerprint density at radius 2 is 1.87 bits per heavy atom. The van der Waals surface area contributed by atoms with Crippen LogP contribution in [0.5, 0.6) is 0 Å². The molecule has 2 aliphatic rings. The van der Waals surface area contributed by atoms with E-state index < -0.39 is 17.6 Å². The molecule has 1 aromatic carbocycles. The van der Waals surface area contributed by atoms with Gasteiger partial charge >= 0.3 is 12.2 Å². The van der Waals surface area contributed by atoms with Crippen LogP contribution in [0.15, 0.2) is 30.9 Å². The molecule has 162 valence electrons. The van der Waals surface area contributed by atoms with Gasteiger partial charge in [-0.3, -0.25) is 4.90 Å². The molecular formula is C19H22F4N6O. The van der Waals surface area contributed by atoms with Crippen LogP contribution in [0.3, 0.4) is 0 Å². The minimum atomic E-state index is -4.57. The second kappa shape index (κ2) is 7.86. The van der Waals surface area contributed by atoms with E-state index in [0.717, 1.165) is 12.5 Å². The van der Waals surface area contributed by atoms with Crippen LogP contribution in [0, 0.1) is 5.82 Å². The summed E-state index contributed by atoms with van der Waals surface area (Å²) in [5.41, 5.74) is -0.797. The Kier molecular flexibility index (Phi) is 5.39. The Labute approximate surface area is 170 Å². The summed E-state index contributed by atoms with van der Waals surface area (Å²) in [5.74, 6) is -0.874. The van der Waals surface area contributed by atoms with E-state index >= 15 is 0 Å². The standard InChI is InChI=1S/C19H22F4N6O/c1-26(7-13-2-3-14(6-17(13)20)19(21,22)23)16-9-28(10-16)18(30)27-5-4-15(8-27)29-11-24-25-12-29/h2-3,6,11-12,15-16H,4-5,7-10H2,1H3/t15-/m0/s1. The first kappa shape index (κ1) is 20.6. The maximum absolute atomic E-state index is 14.1. The molecule has 0 N–H and O–H groups in total. The Balaban J connectivity index is 1.27. The Morgan fingerprint density at radius 1 is 1.17 bits per heavy atom. The monoisotopic (exact) mass is 426 g/mol. The number of likely N-dealkylation sites (N-methyl/N-ethyl adjacent to an activating group) is 1. The van der Waals surface area contributed by atoms with Gasteiger partial charge in [-0.25, -0.2) is 9.18 Å². The predicted molar refractivity (Wildman–Crippen MR) is 98.9 cm³/mol. The molecule has 2 aliphatic heterocycles. The molecule has 2 saturated heterocycles. The SMILES string of the molecule is CN(Cc1ccc(C(F)(F)F)cc1F)C1CN(C(=O)N2CC[C@H](n3cnnc3)C2)C1. The van der Waals surface area contributed by atoms with Gasteiger partial charge in [-0.2, -0.15) is 13.2 Å². The second-order valence-corrected chi connectivity index (χ2v) is 7.86. The number of hydrogen-bond acceptors (Lipinski definition) is 4. The van der Waals surface area contributed by atoms with Crippen LogP contribution in [0.4, 0.5) is 22.4 Å². The molecule has 2 fully saturated rings. The zero-order valence-electron chi connectivity index (χ0n) is 16.4. The normalized spacial score (nSPS) is 20.1. The molecule has 11 heteroatoms. The Morgan fingerprint density at radius 3 is 2.50 bits per heavy atom. The highest BCUT2D eigenvalue weighted by molar-refractivity contribution is 5.75. The van der Waals surface area contributed by atoms with Crippen LogP contribution in [-0.2, 0) is 12.7 Å². The number of hydrogen-bond donors (Lipinski definition) is 0. The summed E-state index contributed by atoms with van der Waals surface area (Å²) in [5, 5.41) is 7.59. The maximum Gasteiger partial charge on any atom is 0.416 e. The van der Waals surface area contributed by atoms with Crippen LogP contribution in [0.2, 0.25) is 0 Å². The van der Waals surface area contributed by atoms with Gasteiger partial charge in [0, 0.05) is 44.3 Å². The van der Waals surface area contributed by atoms with Gasteiger partial charge in [0.1, 0.15) is 18.5 Å². The van der Waals surface area contributed by atoms with E-state index in [9.17, 15) is 22.4 Å². The fraction of sp³-hybridized carbons (Fsp3) is 0.526. The highest BCUT2D eigenvalue weighted by Crippen LogP contribution is 2.31. The van der Waals surface area contributed by atoms with Crippen LogP contribution < -0.4 is 0 Å². The van der Waals surface area contributed by atoms with Crippen molar-refractivity contribution in [1.29, 1.82) is 0 Å². The number of aromatic nitrogens is 3. The summed E-state index contributed by atoms with van der Waals surface area (Å²) < 4.78 is 54.0. The molecule has 0 spiro atoms. The minimum absolute atomic E-state index is 0.0315. The fourth-order valence-corrected chi connectivity index (χ4v) is 3.90. The molecule has 3 heterocycles. The average molecular weight is 426 g/mol. The molecule has 0 saturated carbocycles. The maximum atomic E-state index is 14.1. The highest BCUT2D eigenvalue weighted by Gasteiger charge is 2.38. The lowest BCUT2D eigenvalue weighted by Gasteiger charge is -2.45. The first-order valence-electron chi connectivity index (χ1n) is 9.66. The third-order valence-electron chi connectivity index (χ3n) is 5.85. The zero-order valence-corrected chi connectivity index (χ0v) is 16.4. The van der Waals surface area contributed by atoms with Gasteiger partial charge in [-0.05, 0) is 25.6 Å². The number of rotatable bonds is 4. The number of nitrogens with zero attached hydrogens (tertiary/aromatic N) is 6. The largest absolute Gasteiger partial charge is 0.416 e. The average Bonchev–Trinajstić information content (AvgIpc) is 3.32. The number of urea groups is 1. The van der Waals surface area contributed by atoms with Crippen molar-refractivity contribution in [3.63, 3.8) is 0 Å². The molecular weight excluding hydrogens is 404 g/mol. The lowest BCUT2D eigenvalue weighted by molar-refractivity contribution is -0.137. The first-order chi connectivity index (χ1) is 14.2. The van der Waals surface area contributed by atoms with E-state index in [1.807, 2.05) is 9.47 Å². The van der Waals surface area contributed by atoms with E-state index in [2.05, 4.69) is 10.2 Å². The third kappa shape index (κ3) is 4.11. The van der Waals surface area contributed by atoms with Crippen molar-refractivity contribution < 1.29 is 22.4 Å². The number of carbonyl (C=O) groups is 1. The Bertz CT molecular complexity index is 897. The second-order valence-electron chi connectivity index (χ2n) is 7.86. The van der Waals surface area contributed by atoms with Gasteiger partial charge in [0.15, 0.2) is 0 Å². The van der Waals surface area contributed by atoms with Gasteiger partial charge in [0.25, 0.3) is 0 Å². The summed E-state index contributed by atoms with van der Waals surface area (Å²) in [4.78, 5) is 18.1. The van der Waals surface area contributed by atoms with Crippen LogP contribution in [-0.4, -0.2) is 74.8 Å². The van der Waals surface area contributed by atoms with Crippen molar-refractivity contribution in [2.24, 2.45) is 0 Å². The van der Waals surface area contributed by atoms with E-state index in [4.69, 9.17) is 0 Å². The lowest BCUT2D eigenvalue weighted by Crippen LogP contribution is -2.62. The number of carbonyl (C=O) groups excluding carboxylic acids is 1. The number of benzene rings is 1. The van der Waals surface area contributed by atoms with Crippen molar-refractivity contribution in [3.8, 4) is 0 Å². The number of alkyl halides is 3. The van der Waals surface area contributed by atoms with Crippen LogP contribution in [0.1, 0.15) is 23.6 Å². The molecule has 0 unspecified atom stereocenters. The van der Waals surface area contributed by atoms with Gasteiger partial charge in [-0.15, -0.1) is 10.2 Å². The number of halogens is 4. The van der Waals surface area contributed by atoms with Gasteiger partial charge < -0.3 is 14.4 Å². The van der Waals surface area contributed by atoms with Crippen molar-refractivity contribution >= 4 is 6.03 Å².